The molecule has 1 saturated carbocycles. The Labute approximate surface area is 119 Å². The average Bonchev–Trinajstić information content (AvgIpc) is 2.75. The van der Waals surface area contributed by atoms with Crippen LogP contribution in [0.4, 0.5) is 5.69 Å². The molecule has 1 aromatic carbocycles. The van der Waals surface area contributed by atoms with Crippen molar-refractivity contribution in [3.8, 4) is 5.75 Å². The van der Waals surface area contributed by atoms with E-state index in [0.29, 0.717) is 19.6 Å². The van der Waals surface area contributed by atoms with Gasteiger partial charge in [-0.1, -0.05) is 25.0 Å². The van der Waals surface area contributed by atoms with Gasteiger partial charge in [0.25, 0.3) is 0 Å². The van der Waals surface area contributed by atoms with Crippen LogP contribution in [0, 0.1) is 0 Å². The van der Waals surface area contributed by atoms with Crippen LogP contribution in [0.5, 0.6) is 5.75 Å². The summed E-state index contributed by atoms with van der Waals surface area (Å²) in [5.41, 5.74) is 6.94. The van der Waals surface area contributed by atoms with Crippen LogP contribution >= 0.6 is 0 Å². The minimum atomic E-state index is -0.292. The molecule has 4 nitrogen and oxygen atoms in total. The Bertz CT molecular complexity index is 495. The number of carbonyl (C=O) groups is 1. The number of para-hydroxylation sites is 2. The van der Waals surface area contributed by atoms with Crippen molar-refractivity contribution in [2.45, 2.75) is 44.1 Å². The monoisotopic (exact) mass is 274 g/mol. The average molecular weight is 274 g/mol. The van der Waals surface area contributed by atoms with E-state index in [1.54, 1.807) is 0 Å². The minimum absolute atomic E-state index is 0.132. The lowest BCUT2D eigenvalue weighted by molar-refractivity contribution is -0.119. The SMILES string of the molecule is NC1(CC(=O)N2CCCOc3ccccc32)CCCC1. The lowest BCUT2D eigenvalue weighted by Crippen LogP contribution is -2.44. The van der Waals surface area contributed by atoms with E-state index in [1.807, 2.05) is 29.2 Å². The smallest absolute Gasteiger partial charge is 0.228 e. The molecular formula is C16H22N2O2. The molecule has 1 aliphatic heterocycles. The highest BCUT2D eigenvalue weighted by atomic mass is 16.5. The van der Waals surface area contributed by atoms with Gasteiger partial charge in [-0.3, -0.25) is 4.79 Å². The first-order valence-electron chi connectivity index (χ1n) is 7.49. The van der Waals surface area contributed by atoms with E-state index in [0.717, 1.165) is 43.5 Å². The highest BCUT2D eigenvalue weighted by molar-refractivity contribution is 5.95. The molecule has 2 N–H and O–H groups in total. The fraction of sp³-hybridized carbons (Fsp3) is 0.562. The molecule has 108 valence electrons. The molecular weight excluding hydrogens is 252 g/mol. The van der Waals surface area contributed by atoms with Crippen LogP contribution < -0.4 is 15.4 Å². The third kappa shape index (κ3) is 2.66. The molecule has 2 aliphatic rings. The first kappa shape index (κ1) is 13.4. The summed E-state index contributed by atoms with van der Waals surface area (Å²) in [4.78, 5) is 14.5. The summed E-state index contributed by atoms with van der Waals surface area (Å²) in [6, 6.07) is 7.76. The molecule has 0 bridgehead atoms. The number of carbonyl (C=O) groups excluding carboxylic acids is 1. The van der Waals surface area contributed by atoms with Gasteiger partial charge in [0.15, 0.2) is 0 Å². The first-order valence-corrected chi connectivity index (χ1v) is 7.49. The van der Waals surface area contributed by atoms with Gasteiger partial charge in [-0.05, 0) is 31.4 Å². The molecule has 3 rings (SSSR count). The van der Waals surface area contributed by atoms with Crippen LogP contribution in [0.15, 0.2) is 24.3 Å². The first-order chi connectivity index (χ1) is 9.68. The molecule has 1 amide bonds. The van der Waals surface area contributed by atoms with Gasteiger partial charge in [0.2, 0.25) is 5.91 Å². The molecule has 0 spiro atoms. The fourth-order valence-corrected chi connectivity index (χ4v) is 3.24. The molecule has 20 heavy (non-hydrogen) atoms. The third-order valence-electron chi connectivity index (χ3n) is 4.34. The Morgan fingerprint density at radius 3 is 2.80 bits per heavy atom. The second kappa shape index (κ2) is 5.44. The maximum atomic E-state index is 12.7. The van der Waals surface area contributed by atoms with Crippen molar-refractivity contribution in [1.29, 1.82) is 0 Å². The molecule has 1 aromatic rings. The Hall–Kier alpha value is -1.55. The van der Waals surface area contributed by atoms with E-state index in [4.69, 9.17) is 10.5 Å². The molecule has 1 aliphatic carbocycles. The van der Waals surface area contributed by atoms with Crippen molar-refractivity contribution >= 4 is 11.6 Å². The fourth-order valence-electron chi connectivity index (χ4n) is 3.24. The number of ether oxygens (including phenoxy) is 1. The summed E-state index contributed by atoms with van der Waals surface area (Å²) in [6.07, 6.45) is 5.52. The van der Waals surface area contributed by atoms with Gasteiger partial charge in [-0.25, -0.2) is 0 Å². The zero-order chi connectivity index (χ0) is 14.0. The number of rotatable bonds is 2. The van der Waals surface area contributed by atoms with Crippen LogP contribution in [-0.4, -0.2) is 24.6 Å². The Morgan fingerprint density at radius 1 is 1.25 bits per heavy atom. The number of anilines is 1. The van der Waals surface area contributed by atoms with Gasteiger partial charge in [-0.15, -0.1) is 0 Å². The molecule has 1 heterocycles. The van der Waals surface area contributed by atoms with E-state index in [2.05, 4.69) is 0 Å². The molecule has 0 radical (unpaired) electrons. The van der Waals surface area contributed by atoms with Gasteiger partial charge in [0.05, 0.1) is 12.3 Å². The molecule has 0 atom stereocenters. The standard InChI is InChI=1S/C16H22N2O2/c17-16(8-3-4-9-16)12-15(19)18-10-5-11-20-14-7-2-1-6-13(14)18/h1-2,6-7H,3-5,8-12,17H2. The number of hydrogen-bond acceptors (Lipinski definition) is 3. The number of fused-ring (bicyclic) bond motifs is 1. The van der Waals surface area contributed by atoms with Gasteiger partial charge >= 0.3 is 0 Å². The van der Waals surface area contributed by atoms with Crippen molar-refractivity contribution in [3.05, 3.63) is 24.3 Å². The highest BCUT2D eigenvalue weighted by Crippen LogP contribution is 2.34. The molecule has 1 fully saturated rings. The van der Waals surface area contributed by atoms with Crippen molar-refractivity contribution in [3.63, 3.8) is 0 Å². The van der Waals surface area contributed by atoms with Gasteiger partial charge in [-0.2, -0.15) is 0 Å². The summed E-state index contributed by atoms with van der Waals surface area (Å²) in [7, 11) is 0. The maximum absolute atomic E-state index is 12.7. The summed E-state index contributed by atoms with van der Waals surface area (Å²) in [5, 5.41) is 0. The number of benzene rings is 1. The van der Waals surface area contributed by atoms with E-state index in [-0.39, 0.29) is 11.4 Å². The van der Waals surface area contributed by atoms with E-state index in [9.17, 15) is 4.79 Å². The van der Waals surface area contributed by atoms with Gasteiger partial charge in [0.1, 0.15) is 5.75 Å². The second-order valence-corrected chi connectivity index (χ2v) is 5.96. The molecule has 0 saturated heterocycles. The third-order valence-corrected chi connectivity index (χ3v) is 4.34. The Kier molecular flexibility index (Phi) is 3.66. The predicted octanol–water partition coefficient (Wildman–Crippen LogP) is 2.46. The summed E-state index contributed by atoms with van der Waals surface area (Å²) < 4.78 is 5.70. The normalized spacial score (nSPS) is 20.9. The number of nitrogens with zero attached hydrogens (tertiary/aromatic N) is 1. The summed E-state index contributed by atoms with van der Waals surface area (Å²) in [6.45, 7) is 1.38. The Morgan fingerprint density at radius 2 is 2.00 bits per heavy atom. The molecule has 0 unspecified atom stereocenters. The van der Waals surface area contributed by atoms with Crippen LogP contribution in [-0.2, 0) is 4.79 Å². The van der Waals surface area contributed by atoms with Crippen LogP contribution in [0.2, 0.25) is 0 Å². The Balaban J connectivity index is 1.80. The van der Waals surface area contributed by atoms with Crippen LogP contribution in [0.1, 0.15) is 38.5 Å². The molecule has 0 aromatic heterocycles. The number of amides is 1. The quantitative estimate of drug-likeness (QED) is 0.901. The van der Waals surface area contributed by atoms with Crippen LogP contribution in [0.25, 0.3) is 0 Å². The number of hydrogen-bond donors (Lipinski definition) is 1. The number of nitrogens with two attached hydrogens (primary N) is 1. The van der Waals surface area contributed by atoms with Crippen molar-refractivity contribution < 1.29 is 9.53 Å². The van der Waals surface area contributed by atoms with E-state index >= 15 is 0 Å². The lowest BCUT2D eigenvalue weighted by atomic mass is 9.94. The van der Waals surface area contributed by atoms with Crippen molar-refractivity contribution in [2.75, 3.05) is 18.1 Å². The van der Waals surface area contributed by atoms with E-state index in [1.165, 1.54) is 0 Å². The minimum Gasteiger partial charge on any atom is -0.491 e. The van der Waals surface area contributed by atoms with Crippen molar-refractivity contribution in [1.82, 2.24) is 0 Å². The zero-order valence-electron chi connectivity index (χ0n) is 11.8. The van der Waals surface area contributed by atoms with Crippen molar-refractivity contribution in [2.24, 2.45) is 5.73 Å². The highest BCUT2D eigenvalue weighted by Gasteiger charge is 2.34. The van der Waals surface area contributed by atoms with E-state index < -0.39 is 0 Å². The van der Waals surface area contributed by atoms with Crippen LogP contribution in [0.3, 0.4) is 0 Å². The topological polar surface area (TPSA) is 55.6 Å². The van der Waals surface area contributed by atoms with Gasteiger partial charge < -0.3 is 15.4 Å². The molecule has 4 heteroatoms. The predicted molar refractivity (Wildman–Crippen MR) is 78.9 cm³/mol. The second-order valence-electron chi connectivity index (χ2n) is 5.96. The van der Waals surface area contributed by atoms with Gasteiger partial charge in [0, 0.05) is 18.5 Å². The maximum Gasteiger partial charge on any atom is 0.228 e. The zero-order valence-corrected chi connectivity index (χ0v) is 11.8. The lowest BCUT2D eigenvalue weighted by Gasteiger charge is -2.28. The largest absolute Gasteiger partial charge is 0.491 e. The summed E-state index contributed by atoms with van der Waals surface area (Å²) >= 11 is 0. The summed E-state index contributed by atoms with van der Waals surface area (Å²) in [5.74, 6) is 0.934.